The highest BCUT2D eigenvalue weighted by Gasteiger charge is 2.40. The van der Waals surface area contributed by atoms with Gasteiger partial charge < -0.3 is 39.5 Å². The number of aryl methyl sites for hydroxylation is 1. The lowest BCUT2D eigenvalue weighted by Crippen LogP contribution is -2.54. The molecule has 0 radical (unpaired) electrons. The Morgan fingerprint density at radius 1 is 0.870 bits per heavy atom. The number of nitrogens with zero attached hydrogens (tertiary/aromatic N) is 9. The molecule has 5 aliphatic heterocycles. The number of rotatable bonds is 13. The smallest absolute Gasteiger partial charge is 0.255 e. The number of fused-ring (bicyclic) bond motifs is 2. The normalized spacial score (nSPS) is 20.7. The number of carbonyl (C=O) groups excluding carboxylic acids is 3. The van der Waals surface area contributed by atoms with Crippen LogP contribution < -0.4 is 35.8 Å². The Hall–Kier alpha value is -5.68. The summed E-state index contributed by atoms with van der Waals surface area (Å²) in [6.07, 6.45) is 9.78. The predicted octanol–water partition coefficient (Wildman–Crippen LogP) is 6.36. The number of nitrogens with one attached hydrogen (secondary N) is 3. The highest BCUT2D eigenvalue weighted by molar-refractivity contribution is 9.10. The molecule has 69 heavy (non-hydrogen) atoms. The number of amides is 3. The van der Waals surface area contributed by atoms with E-state index >= 15 is 0 Å². The number of hydrogen-bond donors (Lipinski definition) is 3. The van der Waals surface area contributed by atoms with Gasteiger partial charge in [-0.2, -0.15) is 4.98 Å². The van der Waals surface area contributed by atoms with Crippen LogP contribution in [0.4, 0.5) is 34.5 Å². The van der Waals surface area contributed by atoms with Gasteiger partial charge in [0, 0.05) is 120 Å². The van der Waals surface area contributed by atoms with Gasteiger partial charge in [0.15, 0.2) is 0 Å². The molecule has 19 heteroatoms. The van der Waals surface area contributed by atoms with E-state index in [2.05, 4.69) is 97.6 Å². The zero-order valence-corrected chi connectivity index (χ0v) is 42.2. The van der Waals surface area contributed by atoms with Crippen LogP contribution in [0, 0.1) is 5.92 Å². The Bertz CT molecular complexity index is 2850. The van der Waals surface area contributed by atoms with Crippen molar-refractivity contribution in [3.8, 4) is 5.75 Å². The second kappa shape index (κ2) is 19.6. The van der Waals surface area contributed by atoms with Crippen LogP contribution in [0.5, 0.6) is 5.75 Å². The maximum absolute atomic E-state index is 13.6. The van der Waals surface area contributed by atoms with Crippen LogP contribution >= 0.6 is 23.1 Å². The summed E-state index contributed by atoms with van der Waals surface area (Å²) in [5.41, 5.74) is 7.87. The van der Waals surface area contributed by atoms with Crippen molar-refractivity contribution in [3.63, 3.8) is 0 Å². The van der Waals surface area contributed by atoms with Crippen molar-refractivity contribution in [2.45, 2.75) is 64.1 Å². The largest absolute Gasteiger partial charge is 0.494 e. The van der Waals surface area contributed by atoms with Gasteiger partial charge in [-0.3, -0.25) is 34.6 Å². The fourth-order valence-corrected chi connectivity index (χ4v) is 12.7. The molecule has 3 amide bonds. The van der Waals surface area contributed by atoms with E-state index in [1.54, 1.807) is 43.9 Å². The molecule has 17 nitrogen and oxygen atoms in total. The first kappa shape index (κ1) is 47.0. The highest BCUT2D eigenvalue weighted by Crippen LogP contribution is 2.42. The summed E-state index contributed by atoms with van der Waals surface area (Å²) in [5.74, 6) is 1.42. The van der Waals surface area contributed by atoms with Crippen molar-refractivity contribution < 1.29 is 23.7 Å². The van der Waals surface area contributed by atoms with E-state index in [-0.39, 0.29) is 24.1 Å². The molecule has 5 aromatic rings. The Balaban J connectivity index is 0.718. The molecule has 2 aromatic heterocycles. The number of anilines is 6. The molecule has 2 atom stereocenters. The Morgan fingerprint density at radius 2 is 1.65 bits per heavy atom. The average molecular weight is 1020 g/mol. The van der Waals surface area contributed by atoms with Crippen LogP contribution in [0.1, 0.15) is 60.5 Å². The molecular formula is C50H60BrN12O5P. The summed E-state index contributed by atoms with van der Waals surface area (Å²) in [4.78, 5) is 67.8. The fraction of sp³-hybridized carbons (Fsp3) is 0.460. The molecule has 0 aliphatic carbocycles. The summed E-state index contributed by atoms with van der Waals surface area (Å²) < 4.78 is 20.2. The molecule has 7 heterocycles. The molecule has 0 saturated carbocycles. The molecule has 3 N–H and O–H groups in total. The minimum Gasteiger partial charge on any atom is -0.494 e. The lowest BCUT2D eigenvalue weighted by atomic mass is 9.99. The molecule has 0 spiro atoms. The molecule has 0 bridgehead atoms. The quantitative estimate of drug-likeness (QED) is 0.0875. The lowest BCUT2D eigenvalue weighted by molar-refractivity contribution is -0.136. The predicted molar refractivity (Wildman–Crippen MR) is 273 cm³/mol. The van der Waals surface area contributed by atoms with Crippen LogP contribution in [0.3, 0.4) is 0 Å². The second-order valence-corrected chi connectivity index (χ2v) is 23.3. The van der Waals surface area contributed by atoms with E-state index < -0.39 is 13.2 Å². The molecule has 10 rings (SSSR count). The molecule has 362 valence electrons. The van der Waals surface area contributed by atoms with Gasteiger partial charge in [-0.1, -0.05) is 6.92 Å². The number of halogens is 1. The first-order valence-electron chi connectivity index (χ1n) is 24.1. The third-order valence-corrected chi connectivity index (χ3v) is 16.7. The second-order valence-electron chi connectivity index (χ2n) is 19.3. The summed E-state index contributed by atoms with van der Waals surface area (Å²) in [5, 5.41) is 9.82. The van der Waals surface area contributed by atoms with Crippen molar-refractivity contribution in [1.29, 1.82) is 0 Å². The van der Waals surface area contributed by atoms with E-state index in [0.717, 1.165) is 102 Å². The first-order valence-corrected chi connectivity index (χ1v) is 27.5. The fourth-order valence-electron chi connectivity index (χ4n) is 11.0. The zero-order chi connectivity index (χ0) is 48.0. The monoisotopic (exact) mass is 1020 g/mol. The van der Waals surface area contributed by atoms with Gasteiger partial charge in [-0.25, -0.2) is 4.98 Å². The third-order valence-electron chi connectivity index (χ3n) is 14.6. The summed E-state index contributed by atoms with van der Waals surface area (Å²) in [7, 11) is -1.08. The van der Waals surface area contributed by atoms with Crippen molar-refractivity contribution >= 4 is 91.6 Å². The van der Waals surface area contributed by atoms with E-state index in [1.165, 1.54) is 11.3 Å². The molecule has 4 saturated heterocycles. The standard InChI is InChI=1S/C50H60BrN12O5P/c1-5-32-25-40(56-50-54-27-37(51)47(58-50)55-39-9-8-38-45(53-16-15-52-38)46(39)69(3,4)67)43(68-2)26-42(32)61-18-13-34(14-19-61)60-22-20-59(21-23-60)28-31-12-17-62(29-31)35-6-7-36-33(24-35)30-63(49(36)66)41-10-11-44(64)57-48(41)65/h6-9,15-16,24-27,31,34,41H,5,10-14,17-23,28-30H2,1-4H3,(H,57,64,65)(H2,54,55,56,58)/t31-,41?/m0/s1. The number of piperazine rings is 1. The van der Waals surface area contributed by atoms with E-state index in [4.69, 9.17) is 9.72 Å². The van der Waals surface area contributed by atoms with E-state index in [9.17, 15) is 18.9 Å². The number of piperidine rings is 2. The first-order chi connectivity index (χ1) is 33.3. The number of ether oxygens (including phenoxy) is 1. The average Bonchev–Trinajstić information content (AvgIpc) is 3.95. The minimum absolute atomic E-state index is 0.128. The van der Waals surface area contributed by atoms with Crippen molar-refractivity contribution in [2.24, 2.45) is 5.92 Å². The zero-order valence-electron chi connectivity index (χ0n) is 39.7. The maximum Gasteiger partial charge on any atom is 0.255 e. The Labute approximate surface area is 411 Å². The topological polar surface area (TPSA) is 181 Å². The summed E-state index contributed by atoms with van der Waals surface area (Å²) in [6, 6.07) is 14.1. The van der Waals surface area contributed by atoms with Crippen molar-refractivity contribution in [1.82, 2.24) is 40.0 Å². The number of imide groups is 1. The van der Waals surface area contributed by atoms with E-state index in [0.29, 0.717) is 74.5 Å². The van der Waals surface area contributed by atoms with Crippen LogP contribution in [0.15, 0.2) is 65.5 Å². The van der Waals surface area contributed by atoms with Crippen LogP contribution in [0.25, 0.3) is 11.0 Å². The Morgan fingerprint density at radius 3 is 2.41 bits per heavy atom. The number of benzene rings is 3. The van der Waals surface area contributed by atoms with Gasteiger partial charge in [0.05, 0.1) is 33.8 Å². The van der Waals surface area contributed by atoms with Crippen molar-refractivity contribution in [3.05, 3.63) is 82.2 Å². The van der Waals surface area contributed by atoms with Gasteiger partial charge in [-0.15, -0.1) is 0 Å². The summed E-state index contributed by atoms with van der Waals surface area (Å²) in [6.45, 7) is 15.4. The number of hydrogen-bond acceptors (Lipinski definition) is 15. The maximum atomic E-state index is 13.6. The van der Waals surface area contributed by atoms with Gasteiger partial charge in [0.25, 0.3) is 5.91 Å². The van der Waals surface area contributed by atoms with Gasteiger partial charge in [-0.05, 0) is 115 Å². The van der Waals surface area contributed by atoms with Gasteiger partial charge in [0.1, 0.15) is 30.3 Å². The molecular weight excluding hydrogens is 960 g/mol. The van der Waals surface area contributed by atoms with Gasteiger partial charge >= 0.3 is 0 Å². The molecule has 3 aromatic carbocycles. The van der Waals surface area contributed by atoms with E-state index in [1.807, 2.05) is 18.2 Å². The van der Waals surface area contributed by atoms with Crippen LogP contribution in [-0.2, 0) is 27.1 Å². The van der Waals surface area contributed by atoms with Crippen LogP contribution in [0.2, 0.25) is 0 Å². The summed E-state index contributed by atoms with van der Waals surface area (Å²) >= 11 is 3.61. The number of methoxy groups -OCH3 is 1. The lowest BCUT2D eigenvalue weighted by Gasteiger charge is -2.44. The molecule has 1 unspecified atom stereocenters. The Kier molecular flexibility index (Phi) is 13.4. The number of carbonyl (C=O) groups is 3. The molecule has 4 fully saturated rings. The number of aromatic nitrogens is 4. The SMILES string of the molecule is CCc1cc(Nc2ncc(Br)c(Nc3ccc4nccnc4c3P(C)(C)=O)n2)c(OC)cc1N1CCC(N2CCN(C[C@@H]3CCN(c4ccc5c(c4)CN(C4CCC(=O)NC4=O)C5=O)C3)CC2)CC1. The minimum atomic E-state index is -2.78. The highest BCUT2D eigenvalue weighted by atomic mass is 79.9. The molecule has 5 aliphatic rings. The third kappa shape index (κ3) is 9.77. The van der Waals surface area contributed by atoms with Crippen LogP contribution in [-0.4, -0.2) is 144 Å². The van der Waals surface area contributed by atoms with Crippen molar-refractivity contribution in [2.75, 3.05) is 99.8 Å². The van der Waals surface area contributed by atoms with Gasteiger partial charge in [0.2, 0.25) is 17.8 Å².